The van der Waals surface area contributed by atoms with Gasteiger partial charge in [-0.25, -0.2) is 0 Å². The summed E-state index contributed by atoms with van der Waals surface area (Å²) in [7, 11) is 2.02. The Morgan fingerprint density at radius 3 is 2.89 bits per heavy atom. The monoisotopic (exact) mass is 266 g/mol. The number of thiophene rings is 1. The summed E-state index contributed by atoms with van der Waals surface area (Å²) >= 11 is 1.94. The number of likely N-dealkylation sites (tertiary alicyclic amines) is 1. The van der Waals surface area contributed by atoms with Crippen molar-refractivity contribution in [1.82, 2.24) is 10.2 Å². The summed E-state index contributed by atoms with van der Waals surface area (Å²) in [5.41, 5.74) is 1.53. The van der Waals surface area contributed by atoms with Crippen molar-refractivity contribution in [3.05, 3.63) is 21.4 Å². The minimum atomic E-state index is 0.737. The molecule has 2 nitrogen and oxygen atoms in total. The van der Waals surface area contributed by atoms with E-state index in [1.165, 1.54) is 34.7 Å². The average Bonchev–Trinajstić information content (AvgIpc) is 2.64. The highest BCUT2D eigenvalue weighted by Gasteiger charge is 2.23. The van der Waals surface area contributed by atoms with Crippen molar-refractivity contribution in [2.45, 2.75) is 52.7 Å². The molecule has 2 atom stereocenters. The third-order valence-electron chi connectivity index (χ3n) is 4.07. The molecule has 0 spiro atoms. The number of piperidine rings is 1. The van der Waals surface area contributed by atoms with Crippen LogP contribution >= 0.6 is 11.3 Å². The van der Waals surface area contributed by atoms with Gasteiger partial charge in [-0.2, -0.15) is 0 Å². The first-order valence-electron chi connectivity index (χ1n) is 7.07. The molecule has 1 aromatic heterocycles. The molecule has 0 aliphatic carbocycles. The minimum Gasteiger partial charge on any atom is -0.315 e. The smallest absolute Gasteiger partial charge is 0.0296 e. The standard InChI is InChI=1S/C15H26N2S/c1-11-5-6-17(12(2)7-11)10-14-8-15(9-16-4)18-13(14)3/h8,11-12,16H,5-7,9-10H2,1-4H3. The van der Waals surface area contributed by atoms with Crippen molar-refractivity contribution in [2.75, 3.05) is 13.6 Å². The third-order valence-corrected chi connectivity index (χ3v) is 5.16. The Kier molecular flexibility index (Phi) is 4.82. The van der Waals surface area contributed by atoms with Gasteiger partial charge in [0, 0.05) is 28.9 Å². The van der Waals surface area contributed by atoms with E-state index in [-0.39, 0.29) is 0 Å². The van der Waals surface area contributed by atoms with Crippen LogP contribution in [-0.2, 0) is 13.1 Å². The summed E-state index contributed by atoms with van der Waals surface area (Å²) in [5, 5.41) is 3.24. The molecule has 18 heavy (non-hydrogen) atoms. The van der Waals surface area contributed by atoms with Crippen molar-refractivity contribution in [2.24, 2.45) is 5.92 Å². The molecule has 102 valence electrons. The van der Waals surface area contributed by atoms with Gasteiger partial charge in [-0.1, -0.05) is 6.92 Å². The average molecular weight is 266 g/mol. The molecule has 1 N–H and O–H groups in total. The van der Waals surface area contributed by atoms with Crippen molar-refractivity contribution in [3.63, 3.8) is 0 Å². The predicted octanol–water partition coefficient (Wildman–Crippen LogP) is 3.40. The van der Waals surface area contributed by atoms with Crippen molar-refractivity contribution in [3.8, 4) is 0 Å². The summed E-state index contributed by atoms with van der Waals surface area (Å²) in [4.78, 5) is 5.60. The maximum Gasteiger partial charge on any atom is 0.0296 e. The van der Waals surface area contributed by atoms with Gasteiger partial charge in [-0.3, -0.25) is 4.90 Å². The topological polar surface area (TPSA) is 15.3 Å². The van der Waals surface area contributed by atoms with E-state index in [2.05, 4.69) is 37.1 Å². The van der Waals surface area contributed by atoms with E-state index in [9.17, 15) is 0 Å². The maximum atomic E-state index is 3.24. The molecule has 0 aromatic carbocycles. The molecule has 0 radical (unpaired) electrons. The van der Waals surface area contributed by atoms with E-state index >= 15 is 0 Å². The lowest BCUT2D eigenvalue weighted by molar-refractivity contribution is 0.122. The number of rotatable bonds is 4. The zero-order chi connectivity index (χ0) is 13.1. The summed E-state index contributed by atoms with van der Waals surface area (Å²) in [6, 6.07) is 3.13. The van der Waals surface area contributed by atoms with Crippen LogP contribution in [0.15, 0.2) is 6.07 Å². The molecule has 1 aliphatic rings. The van der Waals surface area contributed by atoms with Gasteiger partial charge in [0.15, 0.2) is 0 Å². The maximum absolute atomic E-state index is 3.24. The zero-order valence-corrected chi connectivity index (χ0v) is 12.9. The number of hydrogen-bond acceptors (Lipinski definition) is 3. The zero-order valence-electron chi connectivity index (χ0n) is 12.1. The van der Waals surface area contributed by atoms with E-state index in [4.69, 9.17) is 0 Å². The van der Waals surface area contributed by atoms with E-state index in [0.717, 1.165) is 25.0 Å². The van der Waals surface area contributed by atoms with Crippen LogP contribution in [0.2, 0.25) is 0 Å². The van der Waals surface area contributed by atoms with Gasteiger partial charge < -0.3 is 5.32 Å². The lowest BCUT2D eigenvalue weighted by atomic mass is 9.93. The molecule has 1 saturated heterocycles. The second-order valence-corrected chi connectivity index (χ2v) is 7.11. The van der Waals surface area contributed by atoms with Crippen molar-refractivity contribution >= 4 is 11.3 Å². The van der Waals surface area contributed by atoms with Gasteiger partial charge >= 0.3 is 0 Å². The van der Waals surface area contributed by atoms with Gasteiger partial charge in [0.05, 0.1) is 0 Å². The SMILES string of the molecule is CNCc1cc(CN2CCC(C)CC2C)c(C)s1. The van der Waals surface area contributed by atoms with Crippen molar-refractivity contribution in [1.29, 1.82) is 0 Å². The summed E-state index contributed by atoms with van der Waals surface area (Å²) in [5.74, 6) is 0.902. The fourth-order valence-electron chi connectivity index (χ4n) is 2.92. The Morgan fingerprint density at radius 2 is 2.22 bits per heavy atom. The van der Waals surface area contributed by atoms with Gasteiger partial charge in [0.2, 0.25) is 0 Å². The molecule has 2 heterocycles. The van der Waals surface area contributed by atoms with Gasteiger partial charge in [-0.05, 0) is 57.8 Å². The molecule has 2 unspecified atom stereocenters. The number of aryl methyl sites for hydroxylation is 1. The van der Waals surface area contributed by atoms with Gasteiger partial charge in [0.1, 0.15) is 0 Å². The first-order valence-corrected chi connectivity index (χ1v) is 7.88. The van der Waals surface area contributed by atoms with E-state index in [1.807, 2.05) is 18.4 Å². The van der Waals surface area contributed by atoms with Crippen LogP contribution in [-0.4, -0.2) is 24.5 Å². The van der Waals surface area contributed by atoms with Crippen LogP contribution in [0.3, 0.4) is 0 Å². The summed E-state index contributed by atoms with van der Waals surface area (Å²) in [6.45, 7) is 10.4. The molecule has 1 aliphatic heterocycles. The molecule has 1 aromatic rings. The van der Waals surface area contributed by atoms with Crippen LogP contribution < -0.4 is 5.32 Å². The van der Waals surface area contributed by atoms with E-state index < -0.39 is 0 Å². The summed E-state index contributed by atoms with van der Waals surface area (Å²) in [6.07, 6.45) is 2.71. The molecule has 0 bridgehead atoms. The predicted molar refractivity (Wildman–Crippen MR) is 80.1 cm³/mol. The quantitative estimate of drug-likeness (QED) is 0.898. The first kappa shape index (κ1) is 14.0. The Hall–Kier alpha value is -0.380. The second-order valence-electron chi connectivity index (χ2n) is 5.77. The lowest BCUT2D eigenvalue weighted by Gasteiger charge is -2.36. The Bertz CT molecular complexity index is 386. The highest BCUT2D eigenvalue weighted by Crippen LogP contribution is 2.27. The van der Waals surface area contributed by atoms with Crippen LogP contribution in [0.25, 0.3) is 0 Å². The summed E-state index contributed by atoms with van der Waals surface area (Å²) < 4.78 is 0. The molecule has 1 fully saturated rings. The Labute approximate surface area is 115 Å². The van der Waals surface area contributed by atoms with Crippen LogP contribution in [0.4, 0.5) is 0 Å². The second kappa shape index (κ2) is 6.18. The lowest BCUT2D eigenvalue weighted by Crippen LogP contribution is -2.39. The highest BCUT2D eigenvalue weighted by atomic mass is 32.1. The Balaban J connectivity index is 2.00. The molecule has 0 amide bonds. The first-order chi connectivity index (χ1) is 8.60. The number of hydrogen-bond donors (Lipinski definition) is 1. The van der Waals surface area contributed by atoms with Gasteiger partial charge in [0.25, 0.3) is 0 Å². The highest BCUT2D eigenvalue weighted by molar-refractivity contribution is 7.12. The van der Waals surface area contributed by atoms with E-state index in [1.54, 1.807) is 0 Å². The van der Waals surface area contributed by atoms with Crippen LogP contribution in [0.1, 0.15) is 42.0 Å². The number of nitrogens with one attached hydrogen (secondary N) is 1. The third kappa shape index (κ3) is 3.34. The molecular formula is C15H26N2S. The molecule has 3 heteroatoms. The fourth-order valence-corrected chi connectivity index (χ4v) is 3.98. The minimum absolute atomic E-state index is 0.737. The van der Waals surface area contributed by atoms with Gasteiger partial charge in [-0.15, -0.1) is 11.3 Å². The van der Waals surface area contributed by atoms with Crippen LogP contribution in [0.5, 0.6) is 0 Å². The molecule has 2 rings (SSSR count). The largest absolute Gasteiger partial charge is 0.315 e. The normalized spacial score (nSPS) is 25.6. The van der Waals surface area contributed by atoms with E-state index in [0.29, 0.717) is 0 Å². The molecular weight excluding hydrogens is 240 g/mol. The van der Waals surface area contributed by atoms with Crippen molar-refractivity contribution < 1.29 is 0 Å². The fraction of sp³-hybridized carbons (Fsp3) is 0.733. The molecule has 0 saturated carbocycles. The Morgan fingerprint density at radius 1 is 1.44 bits per heavy atom. The van der Waals surface area contributed by atoms with Crippen LogP contribution in [0, 0.1) is 12.8 Å². The number of nitrogens with zero attached hydrogens (tertiary/aromatic N) is 1.